The summed E-state index contributed by atoms with van der Waals surface area (Å²) in [5.41, 5.74) is 0.807. The molecule has 10 nitrogen and oxygen atoms in total. The van der Waals surface area contributed by atoms with Gasteiger partial charge in [0, 0.05) is 48.7 Å². The van der Waals surface area contributed by atoms with Crippen LogP contribution in [0.1, 0.15) is 12.8 Å². The maximum absolute atomic E-state index is 12.0. The number of amides is 1. The first kappa shape index (κ1) is 20.7. The number of likely N-dealkylation sites (N-methyl/N-ethyl adjacent to an activating group) is 1. The van der Waals surface area contributed by atoms with Crippen molar-refractivity contribution in [1.29, 1.82) is 0 Å². The van der Waals surface area contributed by atoms with Crippen LogP contribution in [-0.4, -0.2) is 69.2 Å². The van der Waals surface area contributed by atoms with E-state index >= 15 is 0 Å². The molecule has 166 valence electrons. The lowest BCUT2D eigenvalue weighted by Gasteiger charge is -2.32. The number of carbonyl (C=O) groups excluding carboxylic acids is 1. The zero-order chi connectivity index (χ0) is 21.9. The third-order valence-corrected chi connectivity index (χ3v) is 6.29. The number of nitrogens with zero attached hydrogens (tertiary/aromatic N) is 6. The first-order valence-corrected chi connectivity index (χ1v) is 11.5. The molecule has 1 saturated carbocycles. The van der Waals surface area contributed by atoms with Gasteiger partial charge < -0.3 is 20.4 Å². The number of hydrogen-bond donors (Lipinski definition) is 3. The molecule has 1 aliphatic carbocycles. The van der Waals surface area contributed by atoms with Crippen LogP contribution in [0, 0.1) is 5.92 Å². The van der Waals surface area contributed by atoms with E-state index in [9.17, 15) is 4.79 Å². The van der Waals surface area contributed by atoms with Crippen molar-refractivity contribution < 1.29 is 4.79 Å². The van der Waals surface area contributed by atoms with Gasteiger partial charge in [-0.15, -0.1) is 0 Å². The Bertz CT molecular complexity index is 1060. The number of carbonyl (C=O) groups is 1. The molecule has 3 N–H and O–H groups in total. The molecule has 2 fully saturated rings. The molecule has 11 heteroatoms. The summed E-state index contributed by atoms with van der Waals surface area (Å²) in [4.78, 5) is 31.4. The van der Waals surface area contributed by atoms with Crippen molar-refractivity contribution in [3.05, 3.63) is 36.5 Å². The van der Waals surface area contributed by atoms with E-state index in [-0.39, 0.29) is 11.8 Å². The summed E-state index contributed by atoms with van der Waals surface area (Å²) in [7, 11) is 2.12. The van der Waals surface area contributed by atoms with Crippen LogP contribution in [0.25, 0.3) is 0 Å². The van der Waals surface area contributed by atoms with Gasteiger partial charge in [-0.1, -0.05) is 0 Å². The molecule has 1 saturated heterocycles. The number of hydrogen-bond acceptors (Lipinski definition) is 9. The summed E-state index contributed by atoms with van der Waals surface area (Å²) >= 11 is 1.46. The van der Waals surface area contributed by atoms with Crippen LogP contribution in [-0.2, 0) is 4.79 Å². The number of H-pyrrole nitrogens is 1. The lowest BCUT2D eigenvalue weighted by atomic mass is 10.3. The molecule has 3 heterocycles. The Morgan fingerprint density at radius 3 is 2.53 bits per heavy atom. The van der Waals surface area contributed by atoms with Gasteiger partial charge in [0.25, 0.3) is 0 Å². The van der Waals surface area contributed by atoms with E-state index in [1.165, 1.54) is 11.8 Å². The fraction of sp³-hybridized carbons (Fsp3) is 0.381. The fourth-order valence-corrected chi connectivity index (χ4v) is 4.09. The zero-order valence-corrected chi connectivity index (χ0v) is 18.6. The van der Waals surface area contributed by atoms with Crippen LogP contribution in [0.3, 0.4) is 0 Å². The average molecular weight is 452 g/mol. The molecule has 2 aromatic heterocycles. The van der Waals surface area contributed by atoms with E-state index in [0.29, 0.717) is 22.9 Å². The molecular formula is C21H25N9OS. The van der Waals surface area contributed by atoms with Gasteiger partial charge in [-0.3, -0.25) is 9.89 Å². The topological polar surface area (TPSA) is 115 Å². The summed E-state index contributed by atoms with van der Waals surface area (Å²) in [6.45, 7) is 3.66. The van der Waals surface area contributed by atoms with Crippen LogP contribution >= 0.6 is 11.8 Å². The molecule has 0 atom stereocenters. The van der Waals surface area contributed by atoms with Crippen LogP contribution < -0.4 is 15.5 Å². The Balaban J connectivity index is 1.34. The number of aromatic amines is 1. The van der Waals surface area contributed by atoms with Crippen LogP contribution in [0.15, 0.2) is 46.6 Å². The van der Waals surface area contributed by atoms with Crippen molar-refractivity contribution in [2.75, 3.05) is 48.8 Å². The summed E-state index contributed by atoms with van der Waals surface area (Å²) in [5, 5.41) is 13.6. The summed E-state index contributed by atoms with van der Waals surface area (Å²) in [6, 6.07) is 9.58. The highest BCUT2D eigenvalue weighted by atomic mass is 32.2. The monoisotopic (exact) mass is 451 g/mol. The summed E-state index contributed by atoms with van der Waals surface area (Å²) in [5.74, 6) is 2.13. The van der Waals surface area contributed by atoms with Gasteiger partial charge in [-0.05, 0) is 55.9 Å². The molecule has 0 spiro atoms. The van der Waals surface area contributed by atoms with Gasteiger partial charge in [0.15, 0.2) is 5.16 Å². The molecule has 2 aliphatic rings. The number of anilines is 4. The van der Waals surface area contributed by atoms with Crippen molar-refractivity contribution in [1.82, 2.24) is 30.0 Å². The predicted molar refractivity (Wildman–Crippen MR) is 123 cm³/mol. The fourth-order valence-electron chi connectivity index (χ4n) is 3.34. The standard InChI is InChI=1S/C21H25N9OS/c1-29-10-12-30(13-11-29)20-25-19(24-17-8-9-22-28-17)26-21(27-20)32-16-6-4-15(5-7-16)23-18(31)14-2-3-14/h4-9,14H,2-3,10-13H2,1H3,(H,23,31)(H2,22,24,25,26,27,28). The Hall–Kier alpha value is -3.18. The van der Waals surface area contributed by atoms with E-state index in [1.54, 1.807) is 6.20 Å². The highest BCUT2D eigenvalue weighted by Crippen LogP contribution is 2.31. The maximum atomic E-state index is 12.0. The Morgan fingerprint density at radius 1 is 1.06 bits per heavy atom. The minimum Gasteiger partial charge on any atom is -0.338 e. The zero-order valence-electron chi connectivity index (χ0n) is 17.8. The normalized spacial score (nSPS) is 16.7. The van der Waals surface area contributed by atoms with Crippen LogP contribution in [0.5, 0.6) is 0 Å². The summed E-state index contributed by atoms with van der Waals surface area (Å²) < 4.78 is 0. The smallest absolute Gasteiger partial charge is 0.234 e. The second kappa shape index (κ2) is 9.13. The molecule has 1 aromatic carbocycles. The molecular weight excluding hydrogens is 426 g/mol. The molecule has 0 radical (unpaired) electrons. The molecule has 1 amide bonds. The van der Waals surface area contributed by atoms with E-state index in [1.807, 2.05) is 30.3 Å². The Morgan fingerprint density at radius 2 is 1.84 bits per heavy atom. The molecule has 5 rings (SSSR count). The SMILES string of the molecule is CN1CCN(c2nc(Nc3ccn[nH]3)nc(Sc3ccc(NC(=O)C4CC4)cc3)n2)CC1. The quantitative estimate of drug-likeness (QED) is 0.498. The van der Waals surface area contributed by atoms with Gasteiger partial charge in [0.1, 0.15) is 5.82 Å². The molecule has 0 unspecified atom stereocenters. The lowest BCUT2D eigenvalue weighted by molar-refractivity contribution is -0.117. The van der Waals surface area contributed by atoms with Gasteiger partial charge >= 0.3 is 0 Å². The lowest BCUT2D eigenvalue weighted by Crippen LogP contribution is -2.45. The predicted octanol–water partition coefficient (Wildman–Crippen LogP) is 2.59. The second-order valence-electron chi connectivity index (χ2n) is 8.02. The summed E-state index contributed by atoms with van der Waals surface area (Å²) in [6.07, 6.45) is 3.65. The second-order valence-corrected chi connectivity index (χ2v) is 9.06. The number of piperazine rings is 1. The number of nitrogens with one attached hydrogen (secondary N) is 3. The first-order valence-electron chi connectivity index (χ1n) is 10.7. The third kappa shape index (κ3) is 5.17. The third-order valence-electron chi connectivity index (χ3n) is 5.42. The van der Waals surface area contributed by atoms with Crippen molar-refractivity contribution in [2.45, 2.75) is 22.9 Å². The maximum Gasteiger partial charge on any atom is 0.234 e. The van der Waals surface area contributed by atoms with E-state index in [2.05, 4.69) is 47.6 Å². The van der Waals surface area contributed by atoms with Crippen molar-refractivity contribution in [3.8, 4) is 0 Å². The van der Waals surface area contributed by atoms with E-state index in [4.69, 9.17) is 4.98 Å². The van der Waals surface area contributed by atoms with Crippen molar-refractivity contribution in [2.24, 2.45) is 5.92 Å². The minimum atomic E-state index is 0.106. The first-order chi connectivity index (χ1) is 15.6. The van der Waals surface area contributed by atoms with Gasteiger partial charge in [-0.25, -0.2) is 0 Å². The Labute approximate surface area is 190 Å². The van der Waals surface area contributed by atoms with Crippen molar-refractivity contribution >= 4 is 41.1 Å². The van der Waals surface area contributed by atoms with Crippen LogP contribution in [0.2, 0.25) is 0 Å². The van der Waals surface area contributed by atoms with Gasteiger partial charge in [0.2, 0.25) is 17.8 Å². The molecule has 3 aromatic rings. The molecule has 1 aliphatic heterocycles. The van der Waals surface area contributed by atoms with Gasteiger partial charge in [0.05, 0.1) is 6.20 Å². The highest BCUT2D eigenvalue weighted by Gasteiger charge is 2.29. The van der Waals surface area contributed by atoms with E-state index in [0.717, 1.165) is 49.6 Å². The number of benzene rings is 1. The highest BCUT2D eigenvalue weighted by molar-refractivity contribution is 7.99. The van der Waals surface area contributed by atoms with Crippen LogP contribution in [0.4, 0.5) is 23.4 Å². The van der Waals surface area contributed by atoms with Gasteiger partial charge in [-0.2, -0.15) is 20.1 Å². The largest absolute Gasteiger partial charge is 0.338 e. The minimum absolute atomic E-state index is 0.106. The molecule has 0 bridgehead atoms. The Kier molecular flexibility index (Phi) is 5.91. The van der Waals surface area contributed by atoms with Crippen molar-refractivity contribution in [3.63, 3.8) is 0 Å². The number of rotatable bonds is 7. The number of aromatic nitrogens is 5. The van der Waals surface area contributed by atoms with E-state index < -0.39 is 0 Å². The molecule has 32 heavy (non-hydrogen) atoms. The average Bonchev–Trinajstić information content (AvgIpc) is 3.53.